The summed E-state index contributed by atoms with van der Waals surface area (Å²) in [6.07, 6.45) is 3.58. The summed E-state index contributed by atoms with van der Waals surface area (Å²) in [7, 11) is 0. The fourth-order valence-electron chi connectivity index (χ4n) is 3.11. The molecule has 0 unspecified atom stereocenters. The summed E-state index contributed by atoms with van der Waals surface area (Å²) in [5, 5.41) is 16.9. The molecule has 0 spiro atoms. The van der Waals surface area contributed by atoms with Crippen molar-refractivity contribution in [2.75, 3.05) is 6.61 Å². The summed E-state index contributed by atoms with van der Waals surface area (Å²) < 4.78 is 14.6. The molecule has 5 nitrogen and oxygen atoms in total. The largest absolute Gasteiger partial charge is 0.394 e. The number of aliphatic hydroxyl groups excluding tert-OH is 1. The lowest BCUT2D eigenvalue weighted by Gasteiger charge is -2.27. The van der Waals surface area contributed by atoms with Crippen LogP contribution in [-0.2, 0) is 0 Å². The van der Waals surface area contributed by atoms with Gasteiger partial charge in [-0.2, -0.15) is 5.10 Å². The Morgan fingerprint density at radius 1 is 1.35 bits per heavy atom. The van der Waals surface area contributed by atoms with Gasteiger partial charge in [0.05, 0.1) is 17.8 Å². The van der Waals surface area contributed by atoms with E-state index in [1.54, 1.807) is 22.9 Å². The molecule has 23 heavy (non-hydrogen) atoms. The molecular formula is C17H20FN3O2. The number of nitrogens with one attached hydrogen (secondary N) is 1. The van der Waals surface area contributed by atoms with Gasteiger partial charge < -0.3 is 10.4 Å². The minimum atomic E-state index is -0.523. The molecule has 1 aliphatic carbocycles. The van der Waals surface area contributed by atoms with E-state index in [0.717, 1.165) is 31.4 Å². The first kappa shape index (κ1) is 15.7. The molecule has 3 rings (SSSR count). The molecular weight excluding hydrogens is 297 g/mol. The van der Waals surface area contributed by atoms with Gasteiger partial charge in [0.15, 0.2) is 5.69 Å². The number of halogens is 1. The second kappa shape index (κ2) is 6.12. The van der Waals surface area contributed by atoms with Crippen molar-refractivity contribution in [3.05, 3.63) is 47.5 Å². The SMILES string of the molecule is Cc1cc(C(=O)NC2(CO)CCCC2)nn1-c1ccc(F)cc1. The third kappa shape index (κ3) is 3.12. The Labute approximate surface area is 134 Å². The summed E-state index contributed by atoms with van der Waals surface area (Å²) in [6, 6.07) is 7.64. The quantitative estimate of drug-likeness (QED) is 0.909. The van der Waals surface area contributed by atoms with E-state index in [4.69, 9.17) is 0 Å². The lowest BCUT2D eigenvalue weighted by Crippen LogP contribution is -2.49. The molecule has 0 atom stereocenters. The van der Waals surface area contributed by atoms with Gasteiger partial charge in [-0.25, -0.2) is 9.07 Å². The number of rotatable bonds is 4. The number of carbonyl (C=O) groups excluding carboxylic acids is 1. The van der Waals surface area contributed by atoms with Gasteiger partial charge in [0.1, 0.15) is 5.82 Å². The van der Waals surface area contributed by atoms with Crippen molar-refractivity contribution < 1.29 is 14.3 Å². The molecule has 0 radical (unpaired) electrons. The van der Waals surface area contributed by atoms with Gasteiger partial charge in [-0.3, -0.25) is 4.79 Å². The van der Waals surface area contributed by atoms with Gasteiger partial charge in [0, 0.05) is 5.69 Å². The number of carbonyl (C=O) groups is 1. The fraction of sp³-hybridized carbons (Fsp3) is 0.412. The van der Waals surface area contributed by atoms with E-state index >= 15 is 0 Å². The van der Waals surface area contributed by atoms with E-state index in [0.29, 0.717) is 11.4 Å². The molecule has 1 aliphatic rings. The third-order valence-electron chi connectivity index (χ3n) is 4.43. The zero-order valence-corrected chi connectivity index (χ0v) is 13.1. The molecule has 2 N–H and O–H groups in total. The molecule has 0 saturated heterocycles. The van der Waals surface area contributed by atoms with Crippen molar-refractivity contribution in [2.45, 2.75) is 38.1 Å². The van der Waals surface area contributed by atoms with Crippen LogP contribution in [0.2, 0.25) is 0 Å². The maximum absolute atomic E-state index is 13.0. The molecule has 1 saturated carbocycles. The minimum absolute atomic E-state index is 0.0591. The number of aliphatic hydroxyl groups is 1. The normalized spacial score (nSPS) is 16.5. The standard InChI is InChI=1S/C17H20FN3O2/c1-12-10-15(16(23)19-17(11-22)8-2-3-9-17)20-21(12)14-6-4-13(18)5-7-14/h4-7,10,22H,2-3,8-9,11H2,1H3,(H,19,23). The maximum Gasteiger partial charge on any atom is 0.272 e. The molecule has 6 heteroatoms. The maximum atomic E-state index is 13.0. The van der Waals surface area contributed by atoms with Crippen LogP contribution in [0.1, 0.15) is 41.9 Å². The first-order chi connectivity index (χ1) is 11.0. The van der Waals surface area contributed by atoms with E-state index < -0.39 is 5.54 Å². The van der Waals surface area contributed by atoms with Crippen LogP contribution < -0.4 is 5.32 Å². The minimum Gasteiger partial charge on any atom is -0.394 e. The number of aromatic nitrogens is 2. The molecule has 0 bridgehead atoms. The van der Waals surface area contributed by atoms with Gasteiger partial charge in [0.25, 0.3) is 5.91 Å². The van der Waals surface area contributed by atoms with Gasteiger partial charge in [0.2, 0.25) is 0 Å². The summed E-state index contributed by atoms with van der Waals surface area (Å²) in [4.78, 5) is 12.5. The van der Waals surface area contributed by atoms with E-state index in [-0.39, 0.29) is 18.3 Å². The predicted molar refractivity (Wildman–Crippen MR) is 84.0 cm³/mol. The lowest BCUT2D eigenvalue weighted by atomic mass is 9.99. The number of nitrogens with zero attached hydrogens (tertiary/aromatic N) is 2. The summed E-state index contributed by atoms with van der Waals surface area (Å²) in [5.41, 5.74) is 1.25. The molecule has 1 heterocycles. The van der Waals surface area contributed by atoms with E-state index in [2.05, 4.69) is 10.4 Å². The van der Waals surface area contributed by atoms with Gasteiger partial charge in [-0.1, -0.05) is 12.8 Å². The lowest BCUT2D eigenvalue weighted by molar-refractivity contribution is 0.0833. The highest BCUT2D eigenvalue weighted by Crippen LogP contribution is 2.29. The van der Waals surface area contributed by atoms with E-state index in [9.17, 15) is 14.3 Å². The zero-order valence-electron chi connectivity index (χ0n) is 13.1. The average molecular weight is 317 g/mol. The topological polar surface area (TPSA) is 67.2 Å². The molecule has 1 aromatic carbocycles. The average Bonchev–Trinajstić information content (AvgIpc) is 3.16. The van der Waals surface area contributed by atoms with E-state index in [1.807, 2.05) is 6.92 Å². The van der Waals surface area contributed by atoms with Crippen LogP contribution in [-0.4, -0.2) is 32.9 Å². The number of amides is 1. The Morgan fingerprint density at radius 3 is 2.61 bits per heavy atom. The second-order valence-corrected chi connectivity index (χ2v) is 6.16. The highest BCUT2D eigenvalue weighted by atomic mass is 19.1. The number of hydrogen-bond acceptors (Lipinski definition) is 3. The Kier molecular flexibility index (Phi) is 4.17. The fourth-order valence-corrected chi connectivity index (χ4v) is 3.11. The second-order valence-electron chi connectivity index (χ2n) is 6.16. The summed E-state index contributed by atoms with van der Waals surface area (Å²) in [6.45, 7) is 1.78. The first-order valence-corrected chi connectivity index (χ1v) is 7.79. The smallest absolute Gasteiger partial charge is 0.272 e. The Balaban J connectivity index is 1.82. The van der Waals surface area contributed by atoms with Gasteiger partial charge in [-0.05, 0) is 50.1 Å². The summed E-state index contributed by atoms with van der Waals surface area (Å²) >= 11 is 0. The van der Waals surface area contributed by atoms with Crippen molar-refractivity contribution >= 4 is 5.91 Å². The Bertz CT molecular complexity index is 703. The first-order valence-electron chi connectivity index (χ1n) is 7.79. The number of benzene rings is 1. The highest BCUT2D eigenvalue weighted by molar-refractivity contribution is 5.93. The summed E-state index contributed by atoms with van der Waals surface area (Å²) in [5.74, 6) is -0.604. The van der Waals surface area contributed by atoms with Crippen LogP contribution in [0, 0.1) is 12.7 Å². The van der Waals surface area contributed by atoms with Crippen molar-refractivity contribution in [3.8, 4) is 5.69 Å². The van der Waals surface area contributed by atoms with Crippen LogP contribution in [0.3, 0.4) is 0 Å². The van der Waals surface area contributed by atoms with Crippen LogP contribution in [0.15, 0.2) is 30.3 Å². The molecule has 1 fully saturated rings. The van der Waals surface area contributed by atoms with Crippen molar-refractivity contribution in [2.24, 2.45) is 0 Å². The van der Waals surface area contributed by atoms with Crippen LogP contribution in [0.4, 0.5) is 4.39 Å². The Morgan fingerprint density at radius 2 is 2.00 bits per heavy atom. The zero-order chi connectivity index (χ0) is 16.4. The van der Waals surface area contributed by atoms with Crippen molar-refractivity contribution in [1.82, 2.24) is 15.1 Å². The van der Waals surface area contributed by atoms with Gasteiger partial charge >= 0.3 is 0 Å². The van der Waals surface area contributed by atoms with Crippen molar-refractivity contribution in [1.29, 1.82) is 0 Å². The predicted octanol–water partition coefficient (Wildman–Crippen LogP) is 2.35. The van der Waals surface area contributed by atoms with Crippen LogP contribution in [0.25, 0.3) is 5.69 Å². The third-order valence-corrected chi connectivity index (χ3v) is 4.43. The molecule has 2 aromatic rings. The molecule has 1 amide bonds. The number of hydrogen-bond donors (Lipinski definition) is 2. The molecule has 122 valence electrons. The Hall–Kier alpha value is -2.21. The van der Waals surface area contributed by atoms with Crippen LogP contribution >= 0.6 is 0 Å². The molecule has 0 aliphatic heterocycles. The van der Waals surface area contributed by atoms with Crippen LogP contribution in [0.5, 0.6) is 0 Å². The molecule has 1 aromatic heterocycles. The monoisotopic (exact) mass is 317 g/mol. The van der Waals surface area contributed by atoms with Crippen molar-refractivity contribution in [3.63, 3.8) is 0 Å². The van der Waals surface area contributed by atoms with Gasteiger partial charge in [-0.15, -0.1) is 0 Å². The number of aryl methyl sites for hydroxylation is 1. The highest BCUT2D eigenvalue weighted by Gasteiger charge is 2.35. The van der Waals surface area contributed by atoms with E-state index in [1.165, 1.54) is 12.1 Å².